The molecule has 0 spiro atoms. The highest BCUT2D eigenvalue weighted by Crippen LogP contribution is 2.39. The van der Waals surface area contributed by atoms with E-state index in [1.165, 1.54) is 6.07 Å². The van der Waals surface area contributed by atoms with Crippen LogP contribution in [0.1, 0.15) is 18.1 Å². The molecule has 0 aromatic heterocycles. The molecule has 160 valence electrons. The SMILES string of the molecule is CCOc1cc(C2=NS(=O)(=O)c3ccccc3N2)cc(Br)c1OCc1cccc(Cl)c1. The molecule has 1 heterocycles. The van der Waals surface area contributed by atoms with Crippen molar-refractivity contribution in [2.75, 3.05) is 11.9 Å². The van der Waals surface area contributed by atoms with Crippen molar-refractivity contribution >= 4 is 49.1 Å². The van der Waals surface area contributed by atoms with E-state index in [4.69, 9.17) is 21.1 Å². The summed E-state index contributed by atoms with van der Waals surface area (Å²) >= 11 is 9.57. The summed E-state index contributed by atoms with van der Waals surface area (Å²) in [6, 6.07) is 17.5. The van der Waals surface area contributed by atoms with Gasteiger partial charge in [-0.05, 0) is 64.8 Å². The first-order chi connectivity index (χ1) is 14.9. The molecule has 3 aromatic rings. The van der Waals surface area contributed by atoms with Crippen molar-refractivity contribution in [2.45, 2.75) is 18.4 Å². The summed E-state index contributed by atoms with van der Waals surface area (Å²) in [5.74, 6) is 1.18. The normalized spacial score (nSPS) is 14.2. The molecule has 31 heavy (non-hydrogen) atoms. The monoisotopic (exact) mass is 520 g/mol. The van der Waals surface area contributed by atoms with E-state index in [0.717, 1.165) is 5.56 Å². The third kappa shape index (κ3) is 4.71. The number of rotatable bonds is 6. The molecule has 0 aliphatic carbocycles. The molecule has 0 unspecified atom stereocenters. The molecule has 3 aromatic carbocycles. The number of nitrogens with one attached hydrogen (secondary N) is 1. The van der Waals surface area contributed by atoms with Gasteiger partial charge in [0.2, 0.25) is 0 Å². The highest BCUT2D eigenvalue weighted by atomic mass is 79.9. The lowest BCUT2D eigenvalue weighted by molar-refractivity contribution is 0.267. The van der Waals surface area contributed by atoms with Crippen molar-refractivity contribution in [3.63, 3.8) is 0 Å². The van der Waals surface area contributed by atoms with Crippen LogP contribution in [0.15, 0.2) is 74.4 Å². The largest absolute Gasteiger partial charge is 0.490 e. The van der Waals surface area contributed by atoms with Gasteiger partial charge in [0.25, 0.3) is 10.0 Å². The smallest absolute Gasteiger partial charge is 0.286 e. The Morgan fingerprint density at radius 2 is 1.87 bits per heavy atom. The Morgan fingerprint density at radius 3 is 2.65 bits per heavy atom. The van der Waals surface area contributed by atoms with E-state index >= 15 is 0 Å². The molecule has 0 saturated heterocycles. The zero-order valence-electron chi connectivity index (χ0n) is 16.4. The summed E-state index contributed by atoms with van der Waals surface area (Å²) < 4.78 is 41.5. The molecular weight excluding hydrogens is 504 g/mol. The number of amidine groups is 1. The fourth-order valence-electron chi connectivity index (χ4n) is 3.13. The maximum absolute atomic E-state index is 12.6. The quantitative estimate of drug-likeness (QED) is 0.454. The standard InChI is InChI=1S/C22H18BrClN2O4S/c1-2-29-19-12-15(22-25-18-8-3-4-9-20(18)31(27,28)26-22)11-17(23)21(19)30-13-14-6-5-7-16(24)10-14/h3-12H,2,13H2,1H3,(H,25,26). The second-order valence-electron chi connectivity index (χ2n) is 6.67. The van der Waals surface area contributed by atoms with Gasteiger partial charge in [0.05, 0.1) is 16.8 Å². The fourth-order valence-corrected chi connectivity index (χ4v) is 5.04. The highest BCUT2D eigenvalue weighted by molar-refractivity contribution is 9.10. The summed E-state index contributed by atoms with van der Waals surface area (Å²) in [7, 11) is -3.81. The lowest BCUT2D eigenvalue weighted by Crippen LogP contribution is -2.22. The van der Waals surface area contributed by atoms with Gasteiger partial charge >= 0.3 is 0 Å². The first kappa shape index (κ1) is 21.7. The van der Waals surface area contributed by atoms with Gasteiger partial charge in [0, 0.05) is 10.6 Å². The average molecular weight is 522 g/mol. The average Bonchev–Trinajstić information content (AvgIpc) is 2.73. The second kappa shape index (κ2) is 8.90. The molecule has 0 bridgehead atoms. The Balaban J connectivity index is 1.68. The van der Waals surface area contributed by atoms with Crippen LogP contribution in [0.2, 0.25) is 5.02 Å². The topological polar surface area (TPSA) is 77.0 Å². The molecule has 1 N–H and O–H groups in total. The number of fused-ring (bicyclic) bond motifs is 1. The minimum absolute atomic E-state index is 0.143. The number of para-hydroxylation sites is 1. The Labute approximate surface area is 194 Å². The van der Waals surface area contributed by atoms with Crippen molar-refractivity contribution in [3.05, 3.63) is 81.3 Å². The van der Waals surface area contributed by atoms with Gasteiger partial charge < -0.3 is 14.8 Å². The number of nitrogens with zero attached hydrogens (tertiary/aromatic N) is 1. The molecule has 6 nitrogen and oxygen atoms in total. The van der Waals surface area contributed by atoms with Crippen LogP contribution in [0, 0.1) is 0 Å². The van der Waals surface area contributed by atoms with Gasteiger partial charge in [0.1, 0.15) is 11.5 Å². The predicted octanol–water partition coefficient (Wildman–Crippen LogP) is 5.64. The summed E-state index contributed by atoms with van der Waals surface area (Å²) in [4.78, 5) is 0.143. The summed E-state index contributed by atoms with van der Waals surface area (Å²) in [5.41, 5.74) is 1.93. The van der Waals surface area contributed by atoms with E-state index in [-0.39, 0.29) is 10.7 Å². The van der Waals surface area contributed by atoms with Crippen LogP contribution in [0.25, 0.3) is 0 Å². The number of ether oxygens (including phenoxy) is 2. The lowest BCUT2D eigenvalue weighted by Gasteiger charge is -2.20. The van der Waals surface area contributed by atoms with E-state index in [9.17, 15) is 8.42 Å². The summed E-state index contributed by atoms with van der Waals surface area (Å²) in [6.45, 7) is 2.56. The first-order valence-electron chi connectivity index (χ1n) is 9.42. The van der Waals surface area contributed by atoms with Gasteiger partial charge in [-0.25, -0.2) is 0 Å². The van der Waals surface area contributed by atoms with Gasteiger partial charge in [-0.3, -0.25) is 0 Å². The van der Waals surface area contributed by atoms with Gasteiger partial charge in [-0.1, -0.05) is 35.9 Å². The van der Waals surface area contributed by atoms with Crippen LogP contribution in [-0.4, -0.2) is 20.9 Å². The van der Waals surface area contributed by atoms with E-state index in [1.54, 1.807) is 36.4 Å². The van der Waals surface area contributed by atoms with E-state index in [1.807, 2.05) is 25.1 Å². The van der Waals surface area contributed by atoms with Crippen LogP contribution < -0.4 is 14.8 Å². The van der Waals surface area contributed by atoms with Crippen molar-refractivity contribution in [1.29, 1.82) is 0 Å². The molecular formula is C22H18BrClN2O4S. The molecule has 0 atom stereocenters. The summed E-state index contributed by atoms with van der Waals surface area (Å²) in [6.07, 6.45) is 0. The van der Waals surface area contributed by atoms with E-state index < -0.39 is 10.0 Å². The van der Waals surface area contributed by atoms with Gasteiger partial charge in [-0.15, -0.1) is 4.40 Å². The van der Waals surface area contributed by atoms with Crippen LogP contribution in [0.3, 0.4) is 0 Å². The van der Waals surface area contributed by atoms with Crippen LogP contribution in [-0.2, 0) is 16.6 Å². The van der Waals surface area contributed by atoms with E-state index in [2.05, 4.69) is 25.6 Å². The van der Waals surface area contributed by atoms with Crippen molar-refractivity contribution in [2.24, 2.45) is 4.40 Å². The fraction of sp³-hybridized carbons (Fsp3) is 0.136. The Bertz CT molecular complexity index is 1280. The van der Waals surface area contributed by atoms with Crippen molar-refractivity contribution in [1.82, 2.24) is 0 Å². The second-order valence-corrected chi connectivity index (χ2v) is 9.54. The molecule has 0 fully saturated rings. The first-order valence-corrected chi connectivity index (χ1v) is 12.0. The maximum atomic E-state index is 12.6. The molecule has 9 heteroatoms. The maximum Gasteiger partial charge on any atom is 0.286 e. The summed E-state index contributed by atoms with van der Waals surface area (Å²) in [5, 5.41) is 3.72. The third-order valence-corrected chi connectivity index (χ3v) is 6.64. The molecule has 0 amide bonds. The van der Waals surface area contributed by atoms with Crippen molar-refractivity contribution in [3.8, 4) is 11.5 Å². The number of halogens is 2. The molecule has 1 aliphatic rings. The molecule has 0 saturated carbocycles. The Kier molecular flexibility index (Phi) is 6.22. The number of anilines is 1. The number of hydrogen-bond acceptors (Lipinski definition) is 5. The van der Waals surface area contributed by atoms with E-state index in [0.29, 0.717) is 45.5 Å². The van der Waals surface area contributed by atoms with Crippen LogP contribution in [0.4, 0.5) is 5.69 Å². The zero-order chi connectivity index (χ0) is 22.0. The number of hydrogen-bond donors (Lipinski definition) is 1. The minimum atomic E-state index is -3.81. The zero-order valence-corrected chi connectivity index (χ0v) is 19.6. The molecule has 0 radical (unpaired) electrons. The molecule has 1 aliphatic heterocycles. The predicted molar refractivity (Wildman–Crippen MR) is 125 cm³/mol. The minimum Gasteiger partial charge on any atom is -0.490 e. The van der Waals surface area contributed by atoms with Crippen LogP contribution >= 0.6 is 27.5 Å². The van der Waals surface area contributed by atoms with Crippen LogP contribution in [0.5, 0.6) is 11.5 Å². The lowest BCUT2D eigenvalue weighted by atomic mass is 10.1. The van der Waals surface area contributed by atoms with Gasteiger partial charge in [0.15, 0.2) is 17.3 Å². The Hall–Kier alpha value is -2.55. The highest BCUT2D eigenvalue weighted by Gasteiger charge is 2.26. The van der Waals surface area contributed by atoms with Gasteiger partial charge in [-0.2, -0.15) is 8.42 Å². The van der Waals surface area contributed by atoms with Crippen molar-refractivity contribution < 1.29 is 17.9 Å². The number of sulfonamides is 1. The molecule has 4 rings (SSSR count). The Morgan fingerprint density at radius 1 is 1.06 bits per heavy atom. The number of benzene rings is 3. The third-order valence-electron chi connectivity index (χ3n) is 4.48.